The Bertz CT molecular complexity index is 474. The van der Waals surface area contributed by atoms with Gasteiger partial charge in [0.1, 0.15) is 0 Å². The second-order valence-electron chi connectivity index (χ2n) is 4.49. The maximum atomic E-state index is 5.94. The lowest BCUT2D eigenvalue weighted by Gasteiger charge is -2.12. The molecule has 0 atom stereocenters. The van der Waals surface area contributed by atoms with Crippen LogP contribution in [-0.4, -0.2) is 9.78 Å². The number of halogens is 1. The van der Waals surface area contributed by atoms with E-state index in [1.54, 1.807) is 0 Å². The van der Waals surface area contributed by atoms with Crippen molar-refractivity contribution in [3.8, 4) is 0 Å². The molecule has 0 saturated heterocycles. The minimum Gasteiger partial charge on any atom is -0.265 e. The number of hydrogen-bond donors (Lipinski definition) is 0. The number of alkyl halides is 1. The quantitative estimate of drug-likeness (QED) is 0.753. The average molecular weight is 249 g/mol. The molecule has 0 aliphatic rings. The standard InChI is InChI=1S/C14H17ClN2/c1-11(2)14-13(8-15)9-16-17(14)10-12-6-4-3-5-7-12/h3-7,9,11H,8,10H2,1-2H3. The summed E-state index contributed by atoms with van der Waals surface area (Å²) in [4.78, 5) is 0. The fraction of sp³-hybridized carbons (Fsp3) is 0.357. The highest BCUT2D eigenvalue weighted by Gasteiger charge is 2.13. The minimum atomic E-state index is 0.440. The molecular formula is C14H17ClN2. The molecule has 0 aliphatic heterocycles. The Morgan fingerprint density at radius 3 is 2.53 bits per heavy atom. The lowest BCUT2D eigenvalue weighted by molar-refractivity contribution is 0.615. The van der Waals surface area contributed by atoms with Crippen molar-refractivity contribution in [2.75, 3.05) is 0 Å². The Kier molecular flexibility index (Phi) is 3.85. The normalized spacial score (nSPS) is 11.1. The summed E-state index contributed by atoms with van der Waals surface area (Å²) >= 11 is 5.94. The molecule has 0 unspecified atom stereocenters. The van der Waals surface area contributed by atoms with Crippen LogP contribution in [0.4, 0.5) is 0 Å². The smallest absolute Gasteiger partial charge is 0.0662 e. The molecule has 0 aliphatic carbocycles. The monoisotopic (exact) mass is 248 g/mol. The molecule has 0 N–H and O–H groups in total. The van der Waals surface area contributed by atoms with Crippen LogP contribution < -0.4 is 0 Å². The molecule has 2 aromatic rings. The highest BCUT2D eigenvalue weighted by molar-refractivity contribution is 6.17. The first-order valence-electron chi connectivity index (χ1n) is 5.87. The third-order valence-electron chi connectivity index (χ3n) is 2.83. The molecule has 17 heavy (non-hydrogen) atoms. The van der Waals surface area contributed by atoms with Crippen LogP contribution in [0.15, 0.2) is 36.5 Å². The second-order valence-corrected chi connectivity index (χ2v) is 4.75. The summed E-state index contributed by atoms with van der Waals surface area (Å²) in [7, 11) is 0. The van der Waals surface area contributed by atoms with Crippen LogP contribution in [0.3, 0.4) is 0 Å². The lowest BCUT2D eigenvalue weighted by Crippen LogP contribution is -2.08. The molecule has 0 spiro atoms. The van der Waals surface area contributed by atoms with Gasteiger partial charge < -0.3 is 0 Å². The predicted octanol–water partition coefficient (Wildman–Crippen LogP) is 3.79. The molecule has 0 bridgehead atoms. The number of benzene rings is 1. The van der Waals surface area contributed by atoms with Crippen molar-refractivity contribution in [1.29, 1.82) is 0 Å². The Morgan fingerprint density at radius 2 is 1.94 bits per heavy atom. The first kappa shape index (κ1) is 12.2. The Hall–Kier alpha value is -1.28. The first-order chi connectivity index (χ1) is 8.22. The second kappa shape index (κ2) is 5.37. The fourth-order valence-corrected chi connectivity index (χ4v) is 2.29. The van der Waals surface area contributed by atoms with E-state index in [9.17, 15) is 0 Å². The molecule has 1 aromatic carbocycles. The average Bonchev–Trinajstić information content (AvgIpc) is 2.73. The van der Waals surface area contributed by atoms with Crippen molar-refractivity contribution < 1.29 is 0 Å². The summed E-state index contributed by atoms with van der Waals surface area (Å²) in [6.45, 7) is 5.16. The highest BCUT2D eigenvalue weighted by atomic mass is 35.5. The van der Waals surface area contributed by atoms with Gasteiger partial charge in [0.05, 0.1) is 18.6 Å². The van der Waals surface area contributed by atoms with Crippen molar-refractivity contribution in [2.24, 2.45) is 0 Å². The van der Waals surface area contributed by atoms with Gasteiger partial charge in [0.2, 0.25) is 0 Å². The van der Waals surface area contributed by atoms with Gasteiger partial charge in [-0.2, -0.15) is 5.10 Å². The van der Waals surface area contributed by atoms with E-state index in [-0.39, 0.29) is 0 Å². The predicted molar refractivity (Wildman–Crippen MR) is 71.4 cm³/mol. The molecule has 1 aromatic heterocycles. The minimum absolute atomic E-state index is 0.440. The maximum absolute atomic E-state index is 5.94. The van der Waals surface area contributed by atoms with Gasteiger partial charge in [0.15, 0.2) is 0 Å². The zero-order chi connectivity index (χ0) is 12.3. The van der Waals surface area contributed by atoms with Gasteiger partial charge in [0, 0.05) is 11.3 Å². The number of nitrogens with zero attached hydrogens (tertiary/aromatic N) is 2. The summed E-state index contributed by atoms with van der Waals surface area (Å²) in [5.41, 5.74) is 3.64. The summed E-state index contributed by atoms with van der Waals surface area (Å²) < 4.78 is 2.05. The van der Waals surface area contributed by atoms with Crippen LogP contribution in [0.25, 0.3) is 0 Å². The van der Waals surface area contributed by atoms with Gasteiger partial charge in [-0.1, -0.05) is 44.2 Å². The number of aromatic nitrogens is 2. The summed E-state index contributed by atoms with van der Waals surface area (Å²) in [5, 5.41) is 4.44. The molecule has 0 saturated carbocycles. The van der Waals surface area contributed by atoms with Crippen LogP contribution >= 0.6 is 11.6 Å². The molecule has 1 heterocycles. The topological polar surface area (TPSA) is 17.8 Å². The summed E-state index contributed by atoms with van der Waals surface area (Å²) in [5.74, 6) is 0.970. The van der Waals surface area contributed by atoms with Crippen LogP contribution in [0.1, 0.15) is 36.6 Å². The first-order valence-corrected chi connectivity index (χ1v) is 6.40. The van der Waals surface area contributed by atoms with Gasteiger partial charge in [-0.25, -0.2) is 0 Å². The van der Waals surface area contributed by atoms with Gasteiger partial charge in [-0.3, -0.25) is 4.68 Å². The molecule has 3 heteroatoms. The Balaban J connectivity index is 2.30. The largest absolute Gasteiger partial charge is 0.265 e. The van der Waals surface area contributed by atoms with Crippen molar-refractivity contribution in [2.45, 2.75) is 32.2 Å². The molecule has 0 radical (unpaired) electrons. The van der Waals surface area contributed by atoms with E-state index in [0.717, 1.165) is 12.1 Å². The molecule has 90 valence electrons. The number of hydrogen-bond acceptors (Lipinski definition) is 1. The zero-order valence-electron chi connectivity index (χ0n) is 10.2. The van der Waals surface area contributed by atoms with E-state index in [1.807, 2.05) is 12.3 Å². The van der Waals surface area contributed by atoms with Crippen molar-refractivity contribution >= 4 is 11.6 Å². The molecule has 2 rings (SSSR count). The molecule has 0 fully saturated rings. The lowest BCUT2D eigenvalue weighted by atomic mass is 10.1. The van der Waals surface area contributed by atoms with Crippen LogP contribution in [0.2, 0.25) is 0 Å². The SMILES string of the molecule is CC(C)c1c(CCl)cnn1Cc1ccccc1. The van der Waals surface area contributed by atoms with Crippen molar-refractivity contribution in [1.82, 2.24) is 9.78 Å². The Labute approximate surface area is 107 Å². The van der Waals surface area contributed by atoms with E-state index < -0.39 is 0 Å². The fourth-order valence-electron chi connectivity index (χ4n) is 2.09. The van der Waals surface area contributed by atoms with Gasteiger partial charge >= 0.3 is 0 Å². The number of rotatable bonds is 4. The molecule has 0 amide bonds. The van der Waals surface area contributed by atoms with Crippen LogP contribution in [0, 0.1) is 0 Å². The van der Waals surface area contributed by atoms with E-state index in [4.69, 9.17) is 11.6 Å². The molecular weight excluding hydrogens is 232 g/mol. The highest BCUT2D eigenvalue weighted by Crippen LogP contribution is 2.21. The molecule has 2 nitrogen and oxygen atoms in total. The van der Waals surface area contributed by atoms with E-state index >= 15 is 0 Å². The van der Waals surface area contributed by atoms with E-state index in [2.05, 4.69) is 47.9 Å². The van der Waals surface area contributed by atoms with Gasteiger partial charge in [0.25, 0.3) is 0 Å². The van der Waals surface area contributed by atoms with E-state index in [1.165, 1.54) is 11.3 Å². The zero-order valence-corrected chi connectivity index (χ0v) is 11.0. The summed E-state index contributed by atoms with van der Waals surface area (Å²) in [6, 6.07) is 10.4. The van der Waals surface area contributed by atoms with Gasteiger partial charge in [-0.05, 0) is 11.5 Å². The van der Waals surface area contributed by atoms with Crippen molar-refractivity contribution in [3.05, 3.63) is 53.3 Å². The van der Waals surface area contributed by atoms with Gasteiger partial charge in [-0.15, -0.1) is 11.6 Å². The summed E-state index contributed by atoms with van der Waals surface area (Å²) in [6.07, 6.45) is 1.88. The van der Waals surface area contributed by atoms with E-state index in [0.29, 0.717) is 11.8 Å². The van der Waals surface area contributed by atoms with Crippen LogP contribution in [-0.2, 0) is 12.4 Å². The maximum Gasteiger partial charge on any atom is 0.0662 e. The van der Waals surface area contributed by atoms with Crippen molar-refractivity contribution in [3.63, 3.8) is 0 Å². The van der Waals surface area contributed by atoms with Crippen LogP contribution in [0.5, 0.6) is 0 Å². The Morgan fingerprint density at radius 1 is 1.24 bits per heavy atom. The third kappa shape index (κ3) is 2.70. The third-order valence-corrected chi connectivity index (χ3v) is 3.11.